The molecule has 1 aliphatic heterocycles. The number of hydrogen-bond donors (Lipinski definition) is 0. The lowest BCUT2D eigenvalue weighted by molar-refractivity contribution is -0.384. The smallest absolute Gasteiger partial charge is 0.337 e. The quantitative estimate of drug-likeness (QED) is 0.610. The fraction of sp³-hybridized carbons (Fsp3) is 0.500. The zero-order valence-corrected chi connectivity index (χ0v) is 13.3. The molecule has 24 heavy (non-hydrogen) atoms. The van der Waals surface area contributed by atoms with Gasteiger partial charge in [-0.3, -0.25) is 19.8 Å². The molecule has 0 aliphatic carbocycles. The van der Waals surface area contributed by atoms with E-state index in [0.29, 0.717) is 13.0 Å². The summed E-state index contributed by atoms with van der Waals surface area (Å²) in [7, 11) is 0. The molecule has 0 spiro atoms. The highest BCUT2D eigenvalue weighted by atomic mass is 35.5. The summed E-state index contributed by atoms with van der Waals surface area (Å²) in [5.41, 5.74) is -0.129. The minimum absolute atomic E-state index is 0.0504. The van der Waals surface area contributed by atoms with Crippen LogP contribution in [0, 0.1) is 10.1 Å². The van der Waals surface area contributed by atoms with Crippen molar-refractivity contribution < 1.29 is 22.9 Å². The van der Waals surface area contributed by atoms with Gasteiger partial charge in [0.05, 0.1) is 22.1 Å². The molecule has 0 aromatic heterocycles. The molecular formula is C14H15ClF3N3O3. The number of amides is 1. The third-order valence-electron chi connectivity index (χ3n) is 3.67. The molecule has 0 unspecified atom stereocenters. The summed E-state index contributed by atoms with van der Waals surface area (Å²) >= 11 is 5.93. The van der Waals surface area contributed by atoms with E-state index in [1.54, 1.807) is 0 Å². The molecular weight excluding hydrogens is 351 g/mol. The van der Waals surface area contributed by atoms with E-state index >= 15 is 0 Å². The Morgan fingerprint density at radius 3 is 2.54 bits per heavy atom. The van der Waals surface area contributed by atoms with Crippen LogP contribution in [-0.2, 0) is 0 Å². The first-order chi connectivity index (χ1) is 11.2. The summed E-state index contributed by atoms with van der Waals surface area (Å²) in [6.07, 6.45) is -3.87. The van der Waals surface area contributed by atoms with E-state index in [9.17, 15) is 28.1 Å². The van der Waals surface area contributed by atoms with Crippen molar-refractivity contribution in [3.8, 4) is 0 Å². The lowest BCUT2D eigenvalue weighted by Gasteiger charge is -2.23. The average molecular weight is 366 g/mol. The van der Waals surface area contributed by atoms with E-state index in [4.69, 9.17) is 11.6 Å². The maximum atomic E-state index is 12.5. The summed E-state index contributed by atoms with van der Waals surface area (Å²) in [4.78, 5) is 25.2. The molecule has 1 amide bonds. The van der Waals surface area contributed by atoms with Gasteiger partial charge in [-0.1, -0.05) is 11.6 Å². The second-order valence-corrected chi connectivity index (χ2v) is 5.87. The molecule has 1 heterocycles. The van der Waals surface area contributed by atoms with Crippen LogP contribution in [0.4, 0.5) is 18.9 Å². The Bertz CT molecular complexity index is 639. The van der Waals surface area contributed by atoms with Crippen molar-refractivity contribution in [2.24, 2.45) is 0 Å². The van der Waals surface area contributed by atoms with Crippen LogP contribution in [0.25, 0.3) is 0 Å². The molecule has 0 N–H and O–H groups in total. The van der Waals surface area contributed by atoms with Crippen LogP contribution in [0.1, 0.15) is 16.8 Å². The molecule has 0 radical (unpaired) electrons. The van der Waals surface area contributed by atoms with Gasteiger partial charge in [0, 0.05) is 38.3 Å². The lowest BCUT2D eigenvalue weighted by Crippen LogP contribution is -2.38. The van der Waals surface area contributed by atoms with E-state index in [2.05, 4.69) is 0 Å². The molecule has 2 rings (SSSR count). The predicted octanol–water partition coefficient (Wildman–Crippen LogP) is 2.96. The number of nitro benzene ring substituents is 1. The first-order valence-corrected chi connectivity index (χ1v) is 7.57. The van der Waals surface area contributed by atoms with Gasteiger partial charge in [-0.25, -0.2) is 0 Å². The molecule has 1 fully saturated rings. The van der Waals surface area contributed by atoms with Crippen molar-refractivity contribution in [1.82, 2.24) is 9.80 Å². The van der Waals surface area contributed by atoms with Crippen molar-refractivity contribution >= 4 is 23.2 Å². The van der Waals surface area contributed by atoms with Crippen molar-refractivity contribution in [2.45, 2.75) is 12.6 Å². The zero-order chi connectivity index (χ0) is 17.9. The highest BCUT2D eigenvalue weighted by molar-refractivity contribution is 6.34. The first kappa shape index (κ1) is 18.5. The van der Waals surface area contributed by atoms with Crippen LogP contribution in [0.2, 0.25) is 5.02 Å². The van der Waals surface area contributed by atoms with Gasteiger partial charge in [0.2, 0.25) is 0 Å². The molecule has 0 saturated carbocycles. The zero-order valence-electron chi connectivity index (χ0n) is 12.6. The van der Waals surface area contributed by atoms with E-state index in [-0.39, 0.29) is 35.9 Å². The second kappa shape index (κ2) is 7.35. The maximum Gasteiger partial charge on any atom is 0.401 e. The summed E-state index contributed by atoms with van der Waals surface area (Å²) in [5, 5.41) is 10.6. The largest absolute Gasteiger partial charge is 0.401 e. The average Bonchev–Trinajstić information content (AvgIpc) is 2.70. The third kappa shape index (κ3) is 4.81. The van der Waals surface area contributed by atoms with Crippen molar-refractivity contribution in [2.75, 3.05) is 32.7 Å². The van der Waals surface area contributed by atoms with Crippen LogP contribution in [0.5, 0.6) is 0 Å². The number of rotatable bonds is 3. The second-order valence-electron chi connectivity index (χ2n) is 5.46. The van der Waals surface area contributed by atoms with Crippen molar-refractivity contribution in [3.05, 3.63) is 38.9 Å². The van der Waals surface area contributed by atoms with Crippen LogP contribution < -0.4 is 0 Å². The fourth-order valence-electron chi connectivity index (χ4n) is 2.55. The van der Waals surface area contributed by atoms with Gasteiger partial charge in [0.15, 0.2) is 0 Å². The number of hydrogen-bond acceptors (Lipinski definition) is 4. The standard InChI is InChI=1S/C14H15ClF3N3O3/c15-12-8-10(21(23)24)2-3-11(12)13(22)20-5-1-4-19(6-7-20)9-14(16,17)18/h2-3,8H,1,4-7,9H2. The molecule has 1 aliphatic rings. The van der Waals surface area contributed by atoms with Crippen LogP contribution >= 0.6 is 11.6 Å². The Labute approximate surface area is 140 Å². The van der Waals surface area contributed by atoms with Gasteiger partial charge in [0.1, 0.15) is 0 Å². The van der Waals surface area contributed by atoms with Gasteiger partial charge in [-0.2, -0.15) is 13.2 Å². The Morgan fingerprint density at radius 1 is 1.25 bits per heavy atom. The van der Waals surface area contributed by atoms with E-state index in [0.717, 1.165) is 6.07 Å². The number of nitrogens with zero attached hydrogens (tertiary/aromatic N) is 3. The molecule has 10 heteroatoms. The van der Waals surface area contributed by atoms with Gasteiger partial charge < -0.3 is 4.90 Å². The molecule has 6 nitrogen and oxygen atoms in total. The summed E-state index contributed by atoms with van der Waals surface area (Å²) < 4.78 is 37.4. The summed E-state index contributed by atoms with van der Waals surface area (Å²) in [6, 6.07) is 3.52. The first-order valence-electron chi connectivity index (χ1n) is 7.20. The van der Waals surface area contributed by atoms with Crippen LogP contribution in [0.15, 0.2) is 18.2 Å². The maximum absolute atomic E-state index is 12.5. The summed E-state index contributed by atoms with van der Waals surface area (Å²) in [6.45, 7) is -0.205. The van der Waals surface area contributed by atoms with E-state index in [1.807, 2.05) is 0 Å². The number of alkyl halides is 3. The number of halogens is 4. The molecule has 1 aromatic carbocycles. The Morgan fingerprint density at radius 2 is 1.96 bits per heavy atom. The number of carbonyl (C=O) groups is 1. The molecule has 0 bridgehead atoms. The number of carbonyl (C=O) groups excluding carboxylic acids is 1. The third-order valence-corrected chi connectivity index (χ3v) is 3.99. The minimum atomic E-state index is -4.28. The SMILES string of the molecule is O=C(c1ccc([N+](=O)[O-])cc1Cl)N1CCCN(CC(F)(F)F)CC1. The number of nitro groups is 1. The number of benzene rings is 1. The van der Waals surface area contributed by atoms with Crippen molar-refractivity contribution in [1.29, 1.82) is 0 Å². The normalized spacial score (nSPS) is 16.8. The fourth-order valence-corrected chi connectivity index (χ4v) is 2.80. The highest BCUT2D eigenvalue weighted by Gasteiger charge is 2.32. The van der Waals surface area contributed by atoms with Gasteiger partial charge in [-0.15, -0.1) is 0 Å². The Hall–Kier alpha value is -1.87. The monoisotopic (exact) mass is 365 g/mol. The molecule has 132 valence electrons. The molecule has 1 saturated heterocycles. The van der Waals surface area contributed by atoms with E-state index < -0.39 is 23.6 Å². The topological polar surface area (TPSA) is 66.7 Å². The van der Waals surface area contributed by atoms with Gasteiger partial charge in [0.25, 0.3) is 11.6 Å². The Balaban J connectivity index is 2.06. The number of non-ortho nitro benzene ring substituents is 1. The Kier molecular flexibility index (Phi) is 5.66. The molecule has 0 atom stereocenters. The van der Waals surface area contributed by atoms with Crippen molar-refractivity contribution in [3.63, 3.8) is 0 Å². The predicted molar refractivity (Wildman–Crippen MR) is 81.1 cm³/mol. The summed E-state index contributed by atoms with van der Waals surface area (Å²) in [5.74, 6) is -0.441. The highest BCUT2D eigenvalue weighted by Crippen LogP contribution is 2.24. The van der Waals surface area contributed by atoms with Crippen LogP contribution in [0.3, 0.4) is 0 Å². The van der Waals surface area contributed by atoms with E-state index in [1.165, 1.54) is 21.9 Å². The minimum Gasteiger partial charge on any atom is -0.337 e. The van der Waals surface area contributed by atoms with Gasteiger partial charge in [-0.05, 0) is 12.5 Å². The molecule has 1 aromatic rings. The van der Waals surface area contributed by atoms with Gasteiger partial charge >= 0.3 is 6.18 Å². The van der Waals surface area contributed by atoms with Crippen LogP contribution in [-0.4, -0.2) is 59.5 Å². The lowest BCUT2D eigenvalue weighted by atomic mass is 10.1.